The highest BCUT2D eigenvalue weighted by Gasteiger charge is 2.43. The summed E-state index contributed by atoms with van der Waals surface area (Å²) in [6.45, 7) is -0.510. The maximum atomic E-state index is 12.6. The first kappa shape index (κ1) is 19.5. The third-order valence-electron chi connectivity index (χ3n) is 3.74. The number of ether oxygens (including phenoxy) is 1. The van der Waals surface area contributed by atoms with Gasteiger partial charge in [-0.25, -0.2) is 4.79 Å². The van der Waals surface area contributed by atoms with Crippen LogP contribution in [0.3, 0.4) is 0 Å². The van der Waals surface area contributed by atoms with Gasteiger partial charge in [-0.2, -0.15) is 11.8 Å². The molecule has 0 bridgehead atoms. The molecule has 0 unspecified atom stereocenters. The van der Waals surface area contributed by atoms with E-state index in [1.54, 1.807) is 24.3 Å². The molecule has 1 aliphatic heterocycles. The van der Waals surface area contributed by atoms with Gasteiger partial charge in [0.1, 0.15) is 6.04 Å². The molecule has 8 heteroatoms. The van der Waals surface area contributed by atoms with E-state index in [9.17, 15) is 19.2 Å². The predicted molar refractivity (Wildman–Crippen MR) is 96.5 cm³/mol. The van der Waals surface area contributed by atoms with Crippen LogP contribution < -0.4 is 5.32 Å². The number of benzene rings is 1. The minimum absolute atomic E-state index is 0.0185. The van der Waals surface area contributed by atoms with Crippen LogP contribution in [0.2, 0.25) is 0 Å². The van der Waals surface area contributed by atoms with Gasteiger partial charge in [-0.3, -0.25) is 19.3 Å². The van der Waals surface area contributed by atoms with Crippen molar-refractivity contribution in [2.45, 2.75) is 12.5 Å². The first-order valence-corrected chi connectivity index (χ1v) is 9.23. The predicted octanol–water partition coefficient (Wildman–Crippen LogP) is 0.697. The molecule has 0 aliphatic carbocycles. The molecule has 0 radical (unpaired) electrons. The van der Waals surface area contributed by atoms with Crippen LogP contribution in [0, 0.1) is 12.3 Å². The fourth-order valence-corrected chi connectivity index (χ4v) is 2.97. The Hall–Kier alpha value is -2.79. The summed E-state index contributed by atoms with van der Waals surface area (Å²) in [4.78, 5) is 50.1. The van der Waals surface area contributed by atoms with Crippen LogP contribution in [0.15, 0.2) is 24.3 Å². The summed E-state index contributed by atoms with van der Waals surface area (Å²) in [7, 11) is 0. The van der Waals surface area contributed by atoms with Gasteiger partial charge < -0.3 is 10.1 Å². The van der Waals surface area contributed by atoms with Crippen molar-refractivity contribution in [2.24, 2.45) is 0 Å². The Morgan fingerprint density at radius 3 is 2.42 bits per heavy atom. The number of fused-ring (bicyclic) bond motifs is 1. The number of thioether (sulfide) groups is 1. The van der Waals surface area contributed by atoms with E-state index in [2.05, 4.69) is 11.2 Å². The largest absolute Gasteiger partial charge is 0.454 e. The topological polar surface area (TPSA) is 92.8 Å². The summed E-state index contributed by atoms with van der Waals surface area (Å²) in [6, 6.07) is 5.30. The summed E-state index contributed by atoms with van der Waals surface area (Å²) >= 11 is 1.47. The quantitative estimate of drug-likeness (QED) is 0.409. The standard InChI is InChI=1S/C18H18N2O5S/c1-3-9-19-15(21)11-25-18(24)14(8-10-26-2)20-16(22)12-6-4-5-7-13(12)17(20)23/h1,4-7,14H,8-11H2,2H3,(H,19,21)/t14-/m0/s1. The second-order valence-corrected chi connectivity index (χ2v) is 6.40. The Balaban J connectivity index is 2.14. The Bertz CT molecular complexity index is 736. The number of amides is 3. The molecule has 0 fully saturated rings. The van der Waals surface area contributed by atoms with Crippen molar-refractivity contribution in [3.05, 3.63) is 35.4 Å². The highest BCUT2D eigenvalue weighted by atomic mass is 32.2. The van der Waals surface area contributed by atoms with E-state index in [-0.39, 0.29) is 24.1 Å². The van der Waals surface area contributed by atoms with Gasteiger partial charge in [0.2, 0.25) is 0 Å². The fraction of sp³-hybridized carbons (Fsp3) is 0.333. The first-order valence-electron chi connectivity index (χ1n) is 7.84. The zero-order valence-corrected chi connectivity index (χ0v) is 15.0. The van der Waals surface area contributed by atoms with E-state index in [4.69, 9.17) is 11.2 Å². The van der Waals surface area contributed by atoms with Crippen LogP contribution in [-0.4, -0.2) is 59.8 Å². The van der Waals surface area contributed by atoms with Crippen molar-refractivity contribution >= 4 is 35.5 Å². The first-order chi connectivity index (χ1) is 12.5. The Labute approximate surface area is 155 Å². The molecule has 1 aliphatic rings. The molecule has 7 nitrogen and oxygen atoms in total. The molecule has 0 spiro atoms. The summed E-state index contributed by atoms with van der Waals surface area (Å²) in [5.74, 6) is 0.341. The van der Waals surface area contributed by atoms with Gasteiger partial charge in [-0.1, -0.05) is 18.1 Å². The number of imide groups is 1. The summed E-state index contributed by atoms with van der Waals surface area (Å²) in [5, 5.41) is 2.37. The van der Waals surface area contributed by atoms with Crippen LogP contribution in [0.1, 0.15) is 27.1 Å². The molecule has 0 saturated heterocycles. The molecule has 1 atom stereocenters. The normalized spacial score (nSPS) is 13.8. The molecule has 1 heterocycles. The molecule has 1 N–H and O–H groups in total. The lowest BCUT2D eigenvalue weighted by Crippen LogP contribution is -2.46. The van der Waals surface area contributed by atoms with Gasteiger partial charge in [0.05, 0.1) is 17.7 Å². The number of hydrogen-bond acceptors (Lipinski definition) is 6. The maximum absolute atomic E-state index is 12.6. The lowest BCUT2D eigenvalue weighted by Gasteiger charge is -2.24. The van der Waals surface area contributed by atoms with Crippen molar-refractivity contribution in [1.82, 2.24) is 10.2 Å². The summed E-state index contributed by atoms with van der Waals surface area (Å²) in [6.07, 6.45) is 7.11. The number of rotatable bonds is 8. The maximum Gasteiger partial charge on any atom is 0.329 e. The smallest absolute Gasteiger partial charge is 0.329 e. The van der Waals surface area contributed by atoms with Crippen molar-refractivity contribution < 1.29 is 23.9 Å². The minimum atomic E-state index is -1.09. The Kier molecular flexibility index (Phi) is 6.81. The number of carbonyl (C=O) groups excluding carboxylic acids is 4. The second kappa shape index (κ2) is 9.06. The van der Waals surface area contributed by atoms with E-state index in [1.807, 2.05) is 6.26 Å². The van der Waals surface area contributed by atoms with Crippen LogP contribution in [0.5, 0.6) is 0 Å². The number of nitrogens with one attached hydrogen (secondary N) is 1. The molecule has 0 aromatic heterocycles. The van der Waals surface area contributed by atoms with Crippen LogP contribution in [0.4, 0.5) is 0 Å². The van der Waals surface area contributed by atoms with Gasteiger partial charge in [-0.05, 0) is 30.6 Å². The van der Waals surface area contributed by atoms with E-state index >= 15 is 0 Å². The van der Waals surface area contributed by atoms with Crippen LogP contribution >= 0.6 is 11.8 Å². The Morgan fingerprint density at radius 1 is 1.27 bits per heavy atom. The molecule has 3 amide bonds. The zero-order valence-electron chi connectivity index (χ0n) is 14.2. The van der Waals surface area contributed by atoms with E-state index < -0.39 is 36.3 Å². The van der Waals surface area contributed by atoms with Crippen LogP contribution in [-0.2, 0) is 14.3 Å². The van der Waals surface area contributed by atoms with Gasteiger partial charge in [0.15, 0.2) is 6.61 Å². The minimum Gasteiger partial charge on any atom is -0.454 e. The number of hydrogen-bond donors (Lipinski definition) is 1. The monoisotopic (exact) mass is 374 g/mol. The van der Waals surface area contributed by atoms with Crippen molar-refractivity contribution in [3.8, 4) is 12.3 Å². The SMILES string of the molecule is C#CCNC(=O)COC(=O)[C@H](CCSC)N1C(=O)c2ccccc2C1=O. The number of nitrogens with zero attached hydrogens (tertiary/aromatic N) is 1. The lowest BCUT2D eigenvalue weighted by atomic mass is 10.1. The van der Waals surface area contributed by atoms with Gasteiger partial charge in [-0.15, -0.1) is 6.42 Å². The third-order valence-corrected chi connectivity index (χ3v) is 4.38. The Morgan fingerprint density at radius 2 is 1.88 bits per heavy atom. The van der Waals surface area contributed by atoms with Gasteiger partial charge >= 0.3 is 5.97 Å². The summed E-state index contributed by atoms with van der Waals surface area (Å²) < 4.78 is 4.99. The second-order valence-electron chi connectivity index (χ2n) is 5.41. The van der Waals surface area contributed by atoms with Crippen molar-refractivity contribution in [2.75, 3.05) is 25.2 Å². The molecule has 26 heavy (non-hydrogen) atoms. The molecular weight excluding hydrogens is 356 g/mol. The lowest BCUT2D eigenvalue weighted by molar-refractivity contribution is -0.152. The van der Waals surface area contributed by atoms with E-state index in [0.29, 0.717) is 5.75 Å². The average molecular weight is 374 g/mol. The summed E-state index contributed by atoms with van der Waals surface area (Å²) in [5.41, 5.74) is 0.512. The van der Waals surface area contributed by atoms with Crippen molar-refractivity contribution in [3.63, 3.8) is 0 Å². The molecule has 1 aromatic rings. The third kappa shape index (κ3) is 4.24. The number of esters is 1. The molecule has 2 rings (SSSR count). The number of terminal acetylenes is 1. The van der Waals surface area contributed by atoms with E-state index in [1.165, 1.54) is 11.8 Å². The molecule has 1 aromatic carbocycles. The highest BCUT2D eigenvalue weighted by molar-refractivity contribution is 7.98. The zero-order chi connectivity index (χ0) is 19.1. The van der Waals surface area contributed by atoms with Crippen LogP contribution in [0.25, 0.3) is 0 Å². The van der Waals surface area contributed by atoms with Gasteiger partial charge in [0, 0.05) is 0 Å². The molecule has 0 saturated carbocycles. The van der Waals surface area contributed by atoms with Crippen molar-refractivity contribution in [1.29, 1.82) is 0 Å². The molecular formula is C18H18N2O5S. The fourth-order valence-electron chi connectivity index (χ4n) is 2.51. The number of carbonyl (C=O) groups is 4. The highest BCUT2D eigenvalue weighted by Crippen LogP contribution is 2.26. The van der Waals surface area contributed by atoms with Gasteiger partial charge in [0.25, 0.3) is 17.7 Å². The average Bonchev–Trinajstić information content (AvgIpc) is 2.90. The van der Waals surface area contributed by atoms with E-state index in [0.717, 1.165) is 4.90 Å². The molecule has 136 valence electrons.